The summed E-state index contributed by atoms with van der Waals surface area (Å²) >= 11 is 6.11. The van der Waals surface area contributed by atoms with E-state index in [0.29, 0.717) is 10.6 Å². The molecule has 100 valence electrons. The summed E-state index contributed by atoms with van der Waals surface area (Å²) in [5.74, 6) is -0.328. The van der Waals surface area contributed by atoms with Gasteiger partial charge in [0.05, 0.1) is 6.04 Å². The summed E-state index contributed by atoms with van der Waals surface area (Å²) in [7, 11) is 1.88. The van der Waals surface area contributed by atoms with E-state index in [1.165, 1.54) is 6.07 Å². The zero-order chi connectivity index (χ0) is 13.8. The summed E-state index contributed by atoms with van der Waals surface area (Å²) in [4.78, 5) is 1.93. The second-order valence-electron chi connectivity index (χ2n) is 4.33. The Morgan fingerprint density at radius 1 is 1.16 bits per heavy atom. The molecule has 0 saturated heterocycles. The number of anilines is 1. The number of halogens is 2. The summed E-state index contributed by atoms with van der Waals surface area (Å²) in [5.41, 5.74) is 7.23. The summed E-state index contributed by atoms with van der Waals surface area (Å²) in [6.45, 7) is 0.284. The highest BCUT2D eigenvalue weighted by atomic mass is 35.5. The van der Waals surface area contributed by atoms with E-state index in [1.54, 1.807) is 12.1 Å². The first-order valence-electron chi connectivity index (χ1n) is 6.07. The van der Waals surface area contributed by atoms with Crippen LogP contribution in [0.15, 0.2) is 48.5 Å². The van der Waals surface area contributed by atoms with Crippen LogP contribution < -0.4 is 10.6 Å². The molecular formula is C15H16ClFN2. The number of hydrogen-bond acceptors (Lipinski definition) is 2. The fraction of sp³-hybridized carbons (Fsp3) is 0.200. The molecular weight excluding hydrogens is 263 g/mol. The number of rotatable bonds is 4. The van der Waals surface area contributed by atoms with Crippen LogP contribution in [0, 0.1) is 5.82 Å². The maximum absolute atomic E-state index is 14.0. The number of para-hydroxylation sites is 1. The Morgan fingerprint density at radius 2 is 1.84 bits per heavy atom. The first-order chi connectivity index (χ1) is 9.15. The summed E-state index contributed by atoms with van der Waals surface area (Å²) < 4.78 is 14.0. The Morgan fingerprint density at radius 3 is 2.42 bits per heavy atom. The number of benzene rings is 2. The van der Waals surface area contributed by atoms with E-state index in [-0.39, 0.29) is 18.4 Å². The third kappa shape index (κ3) is 2.88. The van der Waals surface area contributed by atoms with Gasteiger partial charge in [-0.2, -0.15) is 0 Å². The van der Waals surface area contributed by atoms with Gasteiger partial charge in [-0.25, -0.2) is 4.39 Å². The number of hydrogen-bond donors (Lipinski definition) is 1. The lowest BCUT2D eigenvalue weighted by Gasteiger charge is -2.30. The van der Waals surface area contributed by atoms with Crippen LogP contribution in [0.5, 0.6) is 0 Å². The fourth-order valence-electron chi connectivity index (χ4n) is 2.14. The first kappa shape index (κ1) is 13.8. The lowest BCUT2D eigenvalue weighted by atomic mass is 10.0. The molecule has 0 aliphatic heterocycles. The highest BCUT2D eigenvalue weighted by Crippen LogP contribution is 2.31. The Bertz CT molecular complexity index is 525. The van der Waals surface area contributed by atoms with Crippen LogP contribution in [0.25, 0.3) is 0 Å². The molecule has 2 aromatic carbocycles. The molecule has 0 heterocycles. The van der Waals surface area contributed by atoms with E-state index >= 15 is 0 Å². The molecule has 2 rings (SSSR count). The molecule has 1 atom stereocenters. The van der Waals surface area contributed by atoms with Crippen molar-refractivity contribution in [2.45, 2.75) is 6.04 Å². The summed E-state index contributed by atoms with van der Waals surface area (Å²) in [5, 5.41) is 0.401. The van der Waals surface area contributed by atoms with Gasteiger partial charge < -0.3 is 10.6 Å². The second kappa shape index (κ2) is 6.04. The van der Waals surface area contributed by atoms with E-state index in [9.17, 15) is 4.39 Å². The van der Waals surface area contributed by atoms with Gasteiger partial charge in [0.25, 0.3) is 0 Å². The van der Waals surface area contributed by atoms with Crippen LogP contribution in [-0.2, 0) is 0 Å². The number of likely N-dealkylation sites (N-methyl/N-ethyl adjacent to an activating group) is 1. The van der Waals surface area contributed by atoms with Crippen molar-refractivity contribution in [2.24, 2.45) is 5.73 Å². The Hall–Kier alpha value is -1.58. The van der Waals surface area contributed by atoms with Gasteiger partial charge in [-0.15, -0.1) is 0 Å². The standard InChI is InChI=1S/C15H16ClFN2/c1-19(11-6-3-2-4-7-11)14(10-18)15-12(16)8-5-9-13(15)17/h2-9,14H,10,18H2,1H3. The minimum Gasteiger partial charge on any atom is -0.366 e. The topological polar surface area (TPSA) is 29.3 Å². The maximum atomic E-state index is 14.0. The molecule has 2 N–H and O–H groups in total. The van der Waals surface area contributed by atoms with Crippen molar-refractivity contribution in [3.63, 3.8) is 0 Å². The fourth-order valence-corrected chi connectivity index (χ4v) is 2.43. The number of nitrogens with zero attached hydrogens (tertiary/aromatic N) is 1. The zero-order valence-corrected chi connectivity index (χ0v) is 11.4. The van der Waals surface area contributed by atoms with Crippen molar-refractivity contribution in [2.75, 3.05) is 18.5 Å². The normalized spacial score (nSPS) is 12.2. The largest absolute Gasteiger partial charge is 0.366 e. The third-order valence-electron chi connectivity index (χ3n) is 3.19. The lowest BCUT2D eigenvalue weighted by molar-refractivity contribution is 0.573. The Labute approximate surface area is 117 Å². The molecule has 0 fully saturated rings. The van der Waals surface area contributed by atoms with Crippen LogP contribution >= 0.6 is 11.6 Å². The molecule has 0 amide bonds. The van der Waals surface area contributed by atoms with E-state index in [2.05, 4.69) is 0 Å². The number of nitrogens with two attached hydrogens (primary N) is 1. The van der Waals surface area contributed by atoms with Gasteiger partial charge in [0, 0.05) is 29.9 Å². The van der Waals surface area contributed by atoms with Crippen molar-refractivity contribution in [3.05, 3.63) is 64.9 Å². The monoisotopic (exact) mass is 278 g/mol. The molecule has 2 aromatic rings. The van der Waals surface area contributed by atoms with Gasteiger partial charge >= 0.3 is 0 Å². The molecule has 0 radical (unpaired) electrons. The molecule has 0 bridgehead atoms. The van der Waals surface area contributed by atoms with E-state index < -0.39 is 0 Å². The molecule has 0 spiro atoms. The van der Waals surface area contributed by atoms with Crippen LogP contribution in [0.2, 0.25) is 5.02 Å². The maximum Gasteiger partial charge on any atom is 0.130 e. The van der Waals surface area contributed by atoms with Crippen molar-refractivity contribution < 1.29 is 4.39 Å². The van der Waals surface area contributed by atoms with E-state index in [1.807, 2.05) is 42.3 Å². The molecule has 2 nitrogen and oxygen atoms in total. The van der Waals surface area contributed by atoms with E-state index in [4.69, 9.17) is 17.3 Å². The van der Waals surface area contributed by atoms with Gasteiger partial charge in [-0.05, 0) is 24.3 Å². The third-order valence-corrected chi connectivity index (χ3v) is 3.52. The average Bonchev–Trinajstić information content (AvgIpc) is 2.43. The van der Waals surface area contributed by atoms with Crippen LogP contribution in [0.1, 0.15) is 11.6 Å². The lowest BCUT2D eigenvalue weighted by Crippen LogP contribution is -2.31. The predicted molar refractivity (Wildman–Crippen MR) is 78.1 cm³/mol. The van der Waals surface area contributed by atoms with E-state index in [0.717, 1.165) is 5.69 Å². The van der Waals surface area contributed by atoms with Gasteiger partial charge in [0.1, 0.15) is 5.82 Å². The molecule has 1 unspecified atom stereocenters. The van der Waals surface area contributed by atoms with Crippen molar-refractivity contribution >= 4 is 17.3 Å². The molecule has 0 aliphatic rings. The second-order valence-corrected chi connectivity index (χ2v) is 4.74. The van der Waals surface area contributed by atoms with Crippen LogP contribution in [0.3, 0.4) is 0 Å². The Balaban J connectivity index is 2.40. The molecule has 19 heavy (non-hydrogen) atoms. The highest BCUT2D eigenvalue weighted by molar-refractivity contribution is 6.31. The molecule has 0 aromatic heterocycles. The highest BCUT2D eigenvalue weighted by Gasteiger charge is 2.22. The molecule has 4 heteroatoms. The van der Waals surface area contributed by atoms with Crippen molar-refractivity contribution in [1.82, 2.24) is 0 Å². The Kier molecular flexibility index (Phi) is 4.40. The van der Waals surface area contributed by atoms with Crippen molar-refractivity contribution in [1.29, 1.82) is 0 Å². The zero-order valence-electron chi connectivity index (χ0n) is 10.7. The quantitative estimate of drug-likeness (QED) is 0.926. The average molecular weight is 279 g/mol. The smallest absolute Gasteiger partial charge is 0.130 e. The summed E-state index contributed by atoms with van der Waals surface area (Å²) in [6.07, 6.45) is 0. The van der Waals surface area contributed by atoms with Gasteiger partial charge in [-0.1, -0.05) is 35.9 Å². The minimum absolute atomic E-state index is 0.284. The first-order valence-corrected chi connectivity index (χ1v) is 6.44. The SMILES string of the molecule is CN(c1ccccc1)C(CN)c1c(F)cccc1Cl. The van der Waals surface area contributed by atoms with Gasteiger partial charge in [0.15, 0.2) is 0 Å². The van der Waals surface area contributed by atoms with Gasteiger partial charge in [-0.3, -0.25) is 0 Å². The van der Waals surface area contributed by atoms with Crippen LogP contribution in [0.4, 0.5) is 10.1 Å². The van der Waals surface area contributed by atoms with Gasteiger partial charge in [0.2, 0.25) is 0 Å². The molecule has 0 aliphatic carbocycles. The minimum atomic E-state index is -0.328. The predicted octanol–water partition coefficient (Wildman–Crippen LogP) is 3.62. The molecule has 0 saturated carbocycles. The summed E-state index contributed by atoms with van der Waals surface area (Å²) in [6, 6.07) is 14.1. The van der Waals surface area contributed by atoms with Crippen molar-refractivity contribution in [3.8, 4) is 0 Å². The van der Waals surface area contributed by atoms with Crippen LogP contribution in [-0.4, -0.2) is 13.6 Å².